The molecule has 188 valence electrons. The molecule has 1 amide bonds. The molecule has 0 aliphatic rings. The van der Waals surface area contributed by atoms with Crippen molar-refractivity contribution >= 4 is 29.8 Å². The number of carbonyl (C=O) groups excluding carboxylic acids is 4. The van der Waals surface area contributed by atoms with Crippen molar-refractivity contribution in [2.45, 2.75) is 52.2 Å². The highest BCUT2D eigenvalue weighted by Crippen LogP contribution is 2.29. The van der Waals surface area contributed by atoms with Gasteiger partial charge in [0.1, 0.15) is 12.1 Å². The van der Waals surface area contributed by atoms with Gasteiger partial charge >= 0.3 is 23.9 Å². The summed E-state index contributed by atoms with van der Waals surface area (Å²) >= 11 is 0. The van der Waals surface area contributed by atoms with Gasteiger partial charge in [0.2, 0.25) is 5.91 Å². The first-order valence-corrected chi connectivity index (χ1v) is 10.9. The van der Waals surface area contributed by atoms with Crippen LogP contribution in [0.1, 0.15) is 45.6 Å². The van der Waals surface area contributed by atoms with Crippen molar-refractivity contribution in [2.75, 3.05) is 14.2 Å². The van der Waals surface area contributed by atoms with Crippen LogP contribution in [0.2, 0.25) is 0 Å². The SMILES string of the molecule is COC(=O)CCC(C)C(=O)N[C@@](C)(C(=O)OCc1ccccc1)C(CC(C)C(=O)O)C(=O)OC. The number of nitrogens with one attached hydrogen (secondary N) is 1. The second-order valence-electron chi connectivity index (χ2n) is 8.32. The van der Waals surface area contributed by atoms with Gasteiger partial charge in [0.25, 0.3) is 0 Å². The van der Waals surface area contributed by atoms with Crippen molar-refractivity contribution in [3.8, 4) is 0 Å². The number of rotatable bonds is 13. The van der Waals surface area contributed by atoms with Crippen molar-refractivity contribution < 1.29 is 43.3 Å². The fraction of sp³-hybridized carbons (Fsp3) is 0.542. The minimum Gasteiger partial charge on any atom is -0.481 e. The molecule has 0 bridgehead atoms. The van der Waals surface area contributed by atoms with E-state index in [0.717, 1.165) is 7.11 Å². The van der Waals surface area contributed by atoms with E-state index in [2.05, 4.69) is 10.1 Å². The third kappa shape index (κ3) is 8.17. The summed E-state index contributed by atoms with van der Waals surface area (Å²) < 4.78 is 14.8. The molecule has 0 aromatic heterocycles. The van der Waals surface area contributed by atoms with Crippen LogP contribution in [0.15, 0.2) is 30.3 Å². The van der Waals surface area contributed by atoms with Gasteiger partial charge in [0.05, 0.1) is 26.1 Å². The predicted octanol–water partition coefficient (Wildman–Crippen LogP) is 2.09. The molecule has 0 saturated heterocycles. The van der Waals surface area contributed by atoms with E-state index in [-0.39, 0.29) is 25.9 Å². The third-order valence-corrected chi connectivity index (χ3v) is 5.67. The van der Waals surface area contributed by atoms with E-state index < -0.39 is 53.1 Å². The highest BCUT2D eigenvalue weighted by atomic mass is 16.5. The molecule has 3 unspecified atom stereocenters. The van der Waals surface area contributed by atoms with Crippen molar-refractivity contribution in [3.63, 3.8) is 0 Å². The molecule has 0 aliphatic carbocycles. The minimum absolute atomic E-state index is 0.0171. The van der Waals surface area contributed by atoms with Crippen molar-refractivity contribution in [2.24, 2.45) is 17.8 Å². The highest BCUT2D eigenvalue weighted by Gasteiger charge is 2.50. The van der Waals surface area contributed by atoms with Crippen LogP contribution in [0.5, 0.6) is 0 Å². The van der Waals surface area contributed by atoms with Gasteiger partial charge in [-0.25, -0.2) is 4.79 Å². The Morgan fingerprint density at radius 1 is 1.00 bits per heavy atom. The number of carboxylic acid groups (broad SMARTS) is 1. The second-order valence-corrected chi connectivity index (χ2v) is 8.32. The number of methoxy groups -OCH3 is 2. The Hall–Kier alpha value is -3.43. The first kappa shape index (κ1) is 28.6. The number of carboxylic acids is 1. The lowest BCUT2D eigenvalue weighted by Gasteiger charge is -2.36. The molecular formula is C24H33NO9. The Bertz CT molecular complexity index is 870. The lowest BCUT2D eigenvalue weighted by Crippen LogP contribution is -2.61. The van der Waals surface area contributed by atoms with Crippen LogP contribution in [0.25, 0.3) is 0 Å². The zero-order valence-electron chi connectivity index (χ0n) is 20.2. The van der Waals surface area contributed by atoms with Crippen molar-refractivity contribution in [1.29, 1.82) is 0 Å². The zero-order valence-corrected chi connectivity index (χ0v) is 20.2. The van der Waals surface area contributed by atoms with Crippen LogP contribution >= 0.6 is 0 Å². The molecule has 2 N–H and O–H groups in total. The number of amides is 1. The molecule has 10 heteroatoms. The molecular weight excluding hydrogens is 446 g/mol. The molecule has 0 aliphatic heterocycles. The average Bonchev–Trinajstić information content (AvgIpc) is 2.83. The maximum absolute atomic E-state index is 13.3. The quantitative estimate of drug-likeness (QED) is 0.321. The van der Waals surface area contributed by atoms with Crippen LogP contribution in [0.4, 0.5) is 0 Å². The Morgan fingerprint density at radius 2 is 1.62 bits per heavy atom. The number of ether oxygens (including phenoxy) is 3. The molecule has 0 heterocycles. The van der Waals surface area contributed by atoms with Crippen LogP contribution in [0.3, 0.4) is 0 Å². The van der Waals surface area contributed by atoms with Gasteiger partial charge in [-0.15, -0.1) is 0 Å². The number of carbonyl (C=O) groups is 5. The van der Waals surface area contributed by atoms with Crippen molar-refractivity contribution in [1.82, 2.24) is 5.32 Å². The lowest BCUT2D eigenvalue weighted by atomic mass is 9.79. The molecule has 1 aromatic rings. The Kier molecular flexibility index (Phi) is 11.2. The van der Waals surface area contributed by atoms with Crippen LogP contribution in [-0.4, -0.2) is 54.6 Å². The van der Waals surface area contributed by atoms with Crippen LogP contribution < -0.4 is 5.32 Å². The fourth-order valence-electron chi connectivity index (χ4n) is 3.26. The Labute approximate surface area is 198 Å². The number of hydrogen-bond donors (Lipinski definition) is 2. The predicted molar refractivity (Wildman–Crippen MR) is 120 cm³/mol. The highest BCUT2D eigenvalue weighted by molar-refractivity contribution is 5.93. The van der Waals surface area contributed by atoms with Crippen LogP contribution in [-0.2, 0) is 44.8 Å². The maximum Gasteiger partial charge on any atom is 0.332 e. The second kappa shape index (κ2) is 13.3. The number of benzene rings is 1. The van der Waals surface area contributed by atoms with E-state index in [1.807, 2.05) is 0 Å². The molecule has 1 rings (SSSR count). The summed E-state index contributed by atoms with van der Waals surface area (Å²) in [6.07, 6.45) is -0.158. The zero-order chi connectivity index (χ0) is 25.9. The summed E-state index contributed by atoms with van der Waals surface area (Å²) in [5.74, 6) is -7.13. The topological polar surface area (TPSA) is 145 Å². The van der Waals surface area contributed by atoms with E-state index in [4.69, 9.17) is 9.47 Å². The standard InChI is InChI=1S/C24H33NO9/c1-15(11-12-19(26)32-4)20(27)25-24(3,18(22(30)33-5)13-16(2)21(28)29)23(31)34-14-17-9-7-6-8-10-17/h6-10,15-16,18H,11-14H2,1-5H3,(H,25,27)(H,28,29)/t15?,16?,18?,24-/m1/s1. The molecule has 10 nitrogen and oxygen atoms in total. The summed E-state index contributed by atoms with van der Waals surface area (Å²) in [5, 5.41) is 11.9. The van der Waals surface area contributed by atoms with Gasteiger partial charge in [-0.05, 0) is 25.3 Å². The van der Waals surface area contributed by atoms with E-state index in [1.54, 1.807) is 37.3 Å². The summed E-state index contributed by atoms with van der Waals surface area (Å²) in [4.78, 5) is 61.7. The molecule has 0 radical (unpaired) electrons. The van der Waals surface area contributed by atoms with Crippen molar-refractivity contribution in [3.05, 3.63) is 35.9 Å². The van der Waals surface area contributed by atoms with E-state index in [9.17, 15) is 29.1 Å². The Balaban J connectivity index is 3.23. The monoisotopic (exact) mass is 479 g/mol. The van der Waals surface area contributed by atoms with Gasteiger partial charge in [-0.2, -0.15) is 0 Å². The van der Waals surface area contributed by atoms with Crippen LogP contribution in [0, 0.1) is 17.8 Å². The average molecular weight is 480 g/mol. The van der Waals surface area contributed by atoms with E-state index in [1.165, 1.54) is 21.0 Å². The number of hydrogen-bond acceptors (Lipinski definition) is 8. The summed E-state index contributed by atoms with van der Waals surface area (Å²) in [7, 11) is 2.34. The number of esters is 3. The Morgan fingerprint density at radius 3 is 2.15 bits per heavy atom. The van der Waals surface area contributed by atoms with Gasteiger partial charge in [-0.1, -0.05) is 44.2 Å². The maximum atomic E-state index is 13.3. The fourth-order valence-corrected chi connectivity index (χ4v) is 3.26. The minimum atomic E-state index is -1.93. The summed E-state index contributed by atoms with van der Waals surface area (Å²) in [6.45, 7) is 4.13. The largest absolute Gasteiger partial charge is 0.481 e. The first-order valence-electron chi connectivity index (χ1n) is 10.9. The molecule has 0 fully saturated rings. The number of aliphatic carboxylic acids is 1. The molecule has 0 spiro atoms. The lowest BCUT2D eigenvalue weighted by molar-refractivity contribution is -0.166. The van der Waals surface area contributed by atoms with Gasteiger partial charge < -0.3 is 24.6 Å². The van der Waals surface area contributed by atoms with Gasteiger partial charge in [0, 0.05) is 12.3 Å². The smallest absolute Gasteiger partial charge is 0.332 e. The first-order chi connectivity index (χ1) is 16.0. The van der Waals surface area contributed by atoms with Gasteiger partial charge in [-0.3, -0.25) is 19.2 Å². The summed E-state index contributed by atoms with van der Waals surface area (Å²) in [5.41, 5.74) is -1.24. The molecule has 34 heavy (non-hydrogen) atoms. The van der Waals surface area contributed by atoms with E-state index in [0.29, 0.717) is 5.56 Å². The molecule has 1 aromatic carbocycles. The molecule has 0 saturated carbocycles. The van der Waals surface area contributed by atoms with Gasteiger partial charge in [0.15, 0.2) is 0 Å². The molecule has 4 atom stereocenters. The van der Waals surface area contributed by atoms with E-state index >= 15 is 0 Å². The third-order valence-electron chi connectivity index (χ3n) is 5.67. The normalized spacial score (nSPS) is 15.1. The summed E-state index contributed by atoms with van der Waals surface area (Å²) in [6, 6.07) is 8.80.